The highest BCUT2D eigenvalue weighted by atomic mass is 79.9. The maximum atomic E-state index is 13.6. The van der Waals surface area contributed by atoms with Gasteiger partial charge < -0.3 is 15.8 Å². The van der Waals surface area contributed by atoms with Gasteiger partial charge in [0.25, 0.3) is 0 Å². The molecule has 0 bridgehead atoms. The first-order valence-electron chi connectivity index (χ1n) is 5.37. The van der Waals surface area contributed by atoms with Gasteiger partial charge in [0.05, 0.1) is 28.6 Å². The standard InChI is InChI=1S/C13H11BrF2N2O/c1-19-12-4-2-3-10(13(12)17)18-11-5-7(14)8(15)6-9(11)16/h2-6,18H,17H2,1H3. The fraction of sp³-hybridized carbons (Fsp3) is 0.0769. The quantitative estimate of drug-likeness (QED) is 0.659. The van der Waals surface area contributed by atoms with Crippen LogP contribution in [0.4, 0.5) is 25.8 Å². The summed E-state index contributed by atoms with van der Waals surface area (Å²) in [4.78, 5) is 0. The average Bonchev–Trinajstić information content (AvgIpc) is 2.38. The Morgan fingerprint density at radius 2 is 1.89 bits per heavy atom. The van der Waals surface area contributed by atoms with Crippen molar-refractivity contribution in [1.82, 2.24) is 0 Å². The SMILES string of the molecule is COc1cccc(Nc2cc(Br)c(F)cc2F)c1N. The summed E-state index contributed by atoms with van der Waals surface area (Å²) in [5.74, 6) is -0.892. The first-order valence-corrected chi connectivity index (χ1v) is 6.16. The lowest BCUT2D eigenvalue weighted by Crippen LogP contribution is -2.01. The Labute approximate surface area is 117 Å². The first-order chi connectivity index (χ1) is 9.02. The van der Waals surface area contributed by atoms with Crippen molar-refractivity contribution in [3.8, 4) is 5.75 Å². The summed E-state index contributed by atoms with van der Waals surface area (Å²) in [7, 11) is 1.49. The lowest BCUT2D eigenvalue weighted by atomic mass is 10.2. The summed E-state index contributed by atoms with van der Waals surface area (Å²) in [6.45, 7) is 0. The predicted octanol–water partition coefficient (Wildman–Crippen LogP) is 4.06. The molecule has 6 heteroatoms. The number of nitrogens with two attached hydrogens (primary N) is 1. The number of nitrogen functional groups attached to an aromatic ring is 1. The summed E-state index contributed by atoms with van der Waals surface area (Å²) in [6, 6.07) is 7.19. The molecule has 2 rings (SSSR count). The van der Waals surface area contributed by atoms with Gasteiger partial charge in [-0.15, -0.1) is 0 Å². The molecule has 2 aromatic carbocycles. The number of para-hydroxylation sites is 1. The molecule has 0 unspecified atom stereocenters. The minimum Gasteiger partial charge on any atom is -0.495 e. The molecule has 0 amide bonds. The number of nitrogens with one attached hydrogen (secondary N) is 1. The summed E-state index contributed by atoms with van der Waals surface area (Å²) in [5.41, 5.74) is 6.82. The Morgan fingerprint density at radius 1 is 1.16 bits per heavy atom. The van der Waals surface area contributed by atoms with Crippen LogP contribution in [0.25, 0.3) is 0 Å². The summed E-state index contributed by atoms with van der Waals surface area (Å²) < 4.78 is 32.0. The molecule has 3 N–H and O–H groups in total. The normalized spacial score (nSPS) is 10.3. The van der Waals surface area contributed by atoms with Crippen molar-refractivity contribution in [1.29, 1.82) is 0 Å². The fourth-order valence-corrected chi connectivity index (χ4v) is 1.94. The number of benzene rings is 2. The van der Waals surface area contributed by atoms with Crippen LogP contribution in [-0.4, -0.2) is 7.11 Å². The van der Waals surface area contributed by atoms with Gasteiger partial charge in [-0.1, -0.05) is 6.07 Å². The lowest BCUT2D eigenvalue weighted by Gasteiger charge is -2.13. The third kappa shape index (κ3) is 2.78. The third-order valence-electron chi connectivity index (χ3n) is 2.57. The van der Waals surface area contributed by atoms with E-state index in [2.05, 4.69) is 21.2 Å². The predicted molar refractivity (Wildman–Crippen MR) is 74.7 cm³/mol. The van der Waals surface area contributed by atoms with Gasteiger partial charge in [-0.3, -0.25) is 0 Å². The minimum absolute atomic E-state index is 0.119. The van der Waals surface area contributed by atoms with Crippen LogP contribution in [0, 0.1) is 11.6 Å². The van der Waals surface area contributed by atoms with E-state index >= 15 is 0 Å². The summed E-state index contributed by atoms with van der Waals surface area (Å²) in [6.07, 6.45) is 0. The van der Waals surface area contributed by atoms with Crippen LogP contribution < -0.4 is 15.8 Å². The summed E-state index contributed by atoms with van der Waals surface area (Å²) >= 11 is 3.00. The molecule has 0 aliphatic rings. The smallest absolute Gasteiger partial charge is 0.149 e. The molecule has 19 heavy (non-hydrogen) atoms. The molecule has 0 saturated carbocycles. The maximum absolute atomic E-state index is 13.6. The van der Waals surface area contributed by atoms with Gasteiger partial charge >= 0.3 is 0 Å². The topological polar surface area (TPSA) is 47.3 Å². The molecule has 0 spiro atoms. The Bertz CT molecular complexity index is 620. The van der Waals surface area contributed by atoms with Gasteiger partial charge in [-0.25, -0.2) is 8.78 Å². The van der Waals surface area contributed by atoms with Crippen LogP contribution in [0.5, 0.6) is 5.75 Å². The van der Waals surface area contributed by atoms with Gasteiger partial charge in [0, 0.05) is 6.07 Å². The zero-order chi connectivity index (χ0) is 14.0. The number of halogens is 3. The third-order valence-corrected chi connectivity index (χ3v) is 3.17. The molecule has 0 saturated heterocycles. The Balaban J connectivity index is 2.39. The lowest BCUT2D eigenvalue weighted by molar-refractivity contribution is 0.417. The molecule has 3 nitrogen and oxygen atoms in total. The van der Waals surface area contributed by atoms with Crippen molar-refractivity contribution in [2.75, 3.05) is 18.2 Å². The number of hydrogen-bond acceptors (Lipinski definition) is 3. The van der Waals surface area contributed by atoms with Crippen LogP contribution >= 0.6 is 15.9 Å². The van der Waals surface area contributed by atoms with E-state index in [1.807, 2.05) is 0 Å². The largest absolute Gasteiger partial charge is 0.495 e. The number of hydrogen-bond donors (Lipinski definition) is 2. The minimum atomic E-state index is -0.706. The monoisotopic (exact) mass is 328 g/mol. The highest BCUT2D eigenvalue weighted by molar-refractivity contribution is 9.10. The van der Waals surface area contributed by atoms with E-state index in [4.69, 9.17) is 10.5 Å². The second-order valence-electron chi connectivity index (χ2n) is 3.79. The molecular formula is C13H11BrF2N2O. The molecule has 0 radical (unpaired) electrons. The number of methoxy groups -OCH3 is 1. The van der Waals surface area contributed by atoms with Gasteiger partial charge in [0.2, 0.25) is 0 Å². The molecule has 0 aliphatic carbocycles. The number of ether oxygens (including phenoxy) is 1. The Kier molecular flexibility index (Phi) is 3.90. The van der Waals surface area contributed by atoms with Crippen LogP contribution in [-0.2, 0) is 0 Å². The molecule has 0 atom stereocenters. The van der Waals surface area contributed by atoms with Crippen molar-refractivity contribution < 1.29 is 13.5 Å². The number of rotatable bonds is 3. The maximum Gasteiger partial charge on any atom is 0.149 e. The molecule has 0 aromatic heterocycles. The molecule has 0 fully saturated rings. The molecule has 0 heterocycles. The molecular weight excluding hydrogens is 318 g/mol. The molecule has 0 aliphatic heterocycles. The van der Waals surface area contributed by atoms with Gasteiger partial charge in [0.1, 0.15) is 17.4 Å². The van der Waals surface area contributed by atoms with E-state index in [9.17, 15) is 8.78 Å². The van der Waals surface area contributed by atoms with Crippen LogP contribution in [0.3, 0.4) is 0 Å². The Hall–Kier alpha value is -1.82. The van der Waals surface area contributed by atoms with E-state index in [-0.39, 0.29) is 10.2 Å². The highest BCUT2D eigenvalue weighted by Crippen LogP contribution is 2.33. The van der Waals surface area contributed by atoms with Crippen molar-refractivity contribution in [3.63, 3.8) is 0 Å². The molecule has 100 valence electrons. The van der Waals surface area contributed by atoms with Crippen LogP contribution in [0.2, 0.25) is 0 Å². The molecule has 2 aromatic rings. The van der Waals surface area contributed by atoms with Gasteiger partial charge in [-0.2, -0.15) is 0 Å². The van der Waals surface area contributed by atoms with Crippen molar-refractivity contribution in [3.05, 3.63) is 46.4 Å². The van der Waals surface area contributed by atoms with Crippen molar-refractivity contribution in [2.24, 2.45) is 0 Å². The van der Waals surface area contributed by atoms with Crippen molar-refractivity contribution >= 4 is 33.0 Å². The van der Waals surface area contributed by atoms with Crippen LogP contribution in [0.15, 0.2) is 34.8 Å². The highest BCUT2D eigenvalue weighted by Gasteiger charge is 2.11. The second kappa shape index (κ2) is 5.44. The van der Waals surface area contributed by atoms with Crippen LogP contribution in [0.1, 0.15) is 0 Å². The van der Waals surface area contributed by atoms with Gasteiger partial charge in [0.15, 0.2) is 0 Å². The summed E-state index contributed by atoms with van der Waals surface area (Å²) in [5, 5.41) is 2.81. The van der Waals surface area contributed by atoms with Gasteiger partial charge in [-0.05, 0) is 34.1 Å². The average molecular weight is 329 g/mol. The number of anilines is 3. The first kappa shape index (κ1) is 13.6. The second-order valence-corrected chi connectivity index (χ2v) is 4.65. The Morgan fingerprint density at radius 3 is 2.58 bits per heavy atom. The zero-order valence-electron chi connectivity index (χ0n) is 10.0. The van der Waals surface area contributed by atoms with E-state index in [1.165, 1.54) is 13.2 Å². The van der Waals surface area contributed by atoms with Crippen molar-refractivity contribution in [2.45, 2.75) is 0 Å². The van der Waals surface area contributed by atoms with E-state index in [0.717, 1.165) is 6.07 Å². The van der Waals surface area contributed by atoms with E-state index in [1.54, 1.807) is 18.2 Å². The van der Waals surface area contributed by atoms with E-state index in [0.29, 0.717) is 17.1 Å². The van der Waals surface area contributed by atoms with E-state index < -0.39 is 11.6 Å². The zero-order valence-corrected chi connectivity index (χ0v) is 11.6. The fourth-order valence-electron chi connectivity index (χ4n) is 1.59.